The van der Waals surface area contributed by atoms with Crippen molar-refractivity contribution in [2.45, 2.75) is 18.7 Å². The van der Waals surface area contributed by atoms with Crippen LogP contribution in [0.2, 0.25) is 0 Å². The number of halogens is 3. The smallest absolute Gasteiger partial charge is 0.418 e. The van der Waals surface area contributed by atoms with Crippen molar-refractivity contribution in [3.05, 3.63) is 84.1 Å². The molecule has 0 bridgehead atoms. The molecule has 1 heterocycles. The lowest BCUT2D eigenvalue weighted by molar-refractivity contribution is -0.137. The van der Waals surface area contributed by atoms with E-state index in [-0.39, 0.29) is 18.7 Å². The fraction of sp³-hybridized carbons (Fsp3) is 0.190. The molecule has 1 N–H and O–H groups in total. The molecule has 1 unspecified atom stereocenters. The van der Waals surface area contributed by atoms with Gasteiger partial charge in [0.1, 0.15) is 12.4 Å². The molecule has 3 aromatic rings. The maximum Gasteiger partial charge on any atom is 0.418 e. The van der Waals surface area contributed by atoms with Crippen LogP contribution in [0.3, 0.4) is 0 Å². The molecule has 1 aromatic heterocycles. The summed E-state index contributed by atoms with van der Waals surface area (Å²) in [5.74, 6) is 0.619. The van der Waals surface area contributed by atoms with Crippen molar-refractivity contribution >= 4 is 0 Å². The minimum atomic E-state index is -4.51. The zero-order chi connectivity index (χ0) is 19.3. The van der Waals surface area contributed by atoms with Crippen LogP contribution in [0.5, 0.6) is 5.75 Å². The second-order valence-electron chi connectivity index (χ2n) is 6.04. The quantitative estimate of drug-likeness (QED) is 0.678. The summed E-state index contributed by atoms with van der Waals surface area (Å²) in [4.78, 5) is 3.94. The van der Waals surface area contributed by atoms with E-state index in [1.54, 1.807) is 36.4 Å². The Labute approximate surface area is 155 Å². The lowest BCUT2D eigenvalue weighted by Crippen LogP contribution is -2.20. The summed E-state index contributed by atoms with van der Waals surface area (Å²) in [6.45, 7) is 0.0344. The number of aliphatic hydroxyl groups is 1. The van der Waals surface area contributed by atoms with E-state index in [9.17, 15) is 18.3 Å². The SMILES string of the molecule is OC(COc1ccccc1)Cc1ccccc1-c1ncccc1C(F)(F)F. The first-order valence-electron chi connectivity index (χ1n) is 8.41. The van der Waals surface area contributed by atoms with Crippen molar-refractivity contribution in [3.8, 4) is 17.0 Å². The van der Waals surface area contributed by atoms with Gasteiger partial charge in [-0.25, -0.2) is 0 Å². The normalized spacial score (nSPS) is 12.6. The summed E-state index contributed by atoms with van der Waals surface area (Å²) in [6, 6.07) is 17.9. The molecule has 1 atom stereocenters. The number of pyridine rings is 1. The van der Waals surface area contributed by atoms with Crippen LogP contribution < -0.4 is 4.74 Å². The molecular weight excluding hydrogens is 355 g/mol. The summed E-state index contributed by atoms with van der Waals surface area (Å²) in [5, 5.41) is 10.3. The first-order chi connectivity index (χ1) is 12.9. The molecule has 6 heteroatoms. The van der Waals surface area contributed by atoms with Gasteiger partial charge in [0.2, 0.25) is 0 Å². The van der Waals surface area contributed by atoms with Gasteiger partial charge >= 0.3 is 6.18 Å². The van der Waals surface area contributed by atoms with Gasteiger partial charge in [-0.05, 0) is 29.8 Å². The average Bonchev–Trinajstić information content (AvgIpc) is 2.67. The maximum absolute atomic E-state index is 13.3. The Bertz CT molecular complexity index is 882. The van der Waals surface area contributed by atoms with Crippen LogP contribution in [0.4, 0.5) is 13.2 Å². The van der Waals surface area contributed by atoms with Crippen LogP contribution >= 0.6 is 0 Å². The molecule has 0 aliphatic heterocycles. The molecule has 2 aromatic carbocycles. The van der Waals surface area contributed by atoms with Crippen molar-refractivity contribution in [1.82, 2.24) is 4.98 Å². The highest BCUT2D eigenvalue weighted by Gasteiger charge is 2.34. The standard InChI is InChI=1S/C21H18F3NO2/c22-21(23,24)19-11-6-12-25-20(19)18-10-5-4-7-15(18)13-16(26)14-27-17-8-2-1-3-9-17/h1-12,16,26H,13-14H2. The fourth-order valence-electron chi connectivity index (χ4n) is 2.80. The van der Waals surface area contributed by atoms with Crippen LogP contribution in [0, 0.1) is 0 Å². The fourth-order valence-corrected chi connectivity index (χ4v) is 2.80. The van der Waals surface area contributed by atoms with E-state index >= 15 is 0 Å². The van der Waals surface area contributed by atoms with Gasteiger partial charge in [0.15, 0.2) is 0 Å². The van der Waals surface area contributed by atoms with Gasteiger partial charge in [0.25, 0.3) is 0 Å². The van der Waals surface area contributed by atoms with Crippen LogP contribution in [0.15, 0.2) is 72.9 Å². The Morgan fingerprint density at radius 1 is 0.926 bits per heavy atom. The largest absolute Gasteiger partial charge is 0.491 e. The summed E-state index contributed by atoms with van der Waals surface area (Å²) >= 11 is 0. The predicted molar refractivity (Wildman–Crippen MR) is 96.3 cm³/mol. The van der Waals surface area contributed by atoms with Crippen LogP contribution in [-0.4, -0.2) is 22.8 Å². The van der Waals surface area contributed by atoms with Gasteiger partial charge in [0, 0.05) is 18.2 Å². The maximum atomic E-state index is 13.3. The Morgan fingerprint density at radius 3 is 2.37 bits per heavy atom. The number of ether oxygens (including phenoxy) is 1. The Kier molecular flexibility index (Phi) is 5.76. The molecule has 0 saturated carbocycles. The molecule has 0 radical (unpaired) electrons. The predicted octanol–water partition coefficient (Wildman–Crippen LogP) is 4.75. The van der Waals surface area contributed by atoms with Crippen LogP contribution in [0.1, 0.15) is 11.1 Å². The number of para-hydroxylation sites is 1. The second kappa shape index (κ2) is 8.22. The number of hydrogen-bond acceptors (Lipinski definition) is 3. The summed E-state index contributed by atoms with van der Waals surface area (Å²) in [5.41, 5.74) is -0.0145. The number of benzene rings is 2. The minimum Gasteiger partial charge on any atom is -0.491 e. The van der Waals surface area contributed by atoms with Crippen molar-refractivity contribution in [3.63, 3.8) is 0 Å². The number of hydrogen-bond donors (Lipinski definition) is 1. The van der Waals surface area contributed by atoms with Gasteiger partial charge in [-0.2, -0.15) is 13.2 Å². The lowest BCUT2D eigenvalue weighted by Gasteiger charge is -2.17. The number of nitrogens with zero attached hydrogens (tertiary/aromatic N) is 1. The molecule has 0 spiro atoms. The molecule has 27 heavy (non-hydrogen) atoms. The van der Waals surface area contributed by atoms with Crippen LogP contribution in [-0.2, 0) is 12.6 Å². The molecule has 0 amide bonds. The lowest BCUT2D eigenvalue weighted by atomic mass is 9.96. The number of alkyl halides is 3. The van der Waals surface area contributed by atoms with E-state index in [4.69, 9.17) is 4.74 Å². The van der Waals surface area contributed by atoms with Crippen molar-refractivity contribution < 1.29 is 23.0 Å². The molecule has 3 nitrogen and oxygen atoms in total. The number of aliphatic hydroxyl groups excluding tert-OH is 1. The molecule has 0 fully saturated rings. The minimum absolute atomic E-state index is 0.0344. The Balaban J connectivity index is 1.81. The van der Waals surface area contributed by atoms with Gasteiger partial charge in [-0.1, -0.05) is 42.5 Å². The number of rotatable bonds is 6. The zero-order valence-electron chi connectivity index (χ0n) is 14.4. The van der Waals surface area contributed by atoms with E-state index in [1.165, 1.54) is 12.3 Å². The highest BCUT2D eigenvalue weighted by Crippen LogP contribution is 2.37. The van der Waals surface area contributed by atoms with E-state index in [2.05, 4.69) is 4.98 Å². The van der Waals surface area contributed by atoms with E-state index in [0.717, 1.165) is 6.07 Å². The third-order valence-electron chi connectivity index (χ3n) is 4.03. The highest BCUT2D eigenvalue weighted by atomic mass is 19.4. The van der Waals surface area contributed by atoms with E-state index < -0.39 is 17.8 Å². The van der Waals surface area contributed by atoms with Crippen molar-refractivity contribution in [2.24, 2.45) is 0 Å². The molecular formula is C21H18F3NO2. The molecule has 140 valence electrons. The van der Waals surface area contributed by atoms with Crippen LogP contribution in [0.25, 0.3) is 11.3 Å². The Morgan fingerprint density at radius 2 is 1.63 bits per heavy atom. The van der Waals surface area contributed by atoms with Gasteiger partial charge in [-0.15, -0.1) is 0 Å². The van der Waals surface area contributed by atoms with Crippen molar-refractivity contribution in [1.29, 1.82) is 0 Å². The Hall–Kier alpha value is -2.86. The third-order valence-corrected chi connectivity index (χ3v) is 4.03. The van der Waals surface area contributed by atoms with E-state index in [0.29, 0.717) is 16.9 Å². The van der Waals surface area contributed by atoms with E-state index in [1.807, 2.05) is 18.2 Å². The molecule has 3 rings (SSSR count). The van der Waals surface area contributed by atoms with Gasteiger partial charge in [-0.3, -0.25) is 4.98 Å². The third kappa shape index (κ3) is 4.86. The average molecular weight is 373 g/mol. The first-order valence-corrected chi connectivity index (χ1v) is 8.41. The second-order valence-corrected chi connectivity index (χ2v) is 6.04. The summed E-state index contributed by atoms with van der Waals surface area (Å²) in [7, 11) is 0. The topological polar surface area (TPSA) is 42.4 Å². The zero-order valence-corrected chi connectivity index (χ0v) is 14.4. The first kappa shape index (κ1) is 18.9. The highest BCUT2D eigenvalue weighted by molar-refractivity contribution is 5.67. The molecule has 0 aliphatic rings. The summed E-state index contributed by atoms with van der Waals surface area (Å²) < 4.78 is 45.5. The number of aromatic nitrogens is 1. The monoisotopic (exact) mass is 373 g/mol. The molecule has 0 saturated heterocycles. The van der Waals surface area contributed by atoms with Gasteiger partial charge in [0.05, 0.1) is 17.4 Å². The summed E-state index contributed by atoms with van der Waals surface area (Å²) in [6.07, 6.45) is -3.90. The van der Waals surface area contributed by atoms with Gasteiger partial charge < -0.3 is 9.84 Å². The van der Waals surface area contributed by atoms with Crippen molar-refractivity contribution in [2.75, 3.05) is 6.61 Å². The molecule has 0 aliphatic carbocycles.